The highest BCUT2D eigenvalue weighted by Gasteiger charge is 2.09. The highest BCUT2D eigenvalue weighted by molar-refractivity contribution is 9.10. The Bertz CT molecular complexity index is 560. The molecule has 1 nitrogen and oxygen atoms in total. The normalized spacial score (nSPS) is 10.6. The number of fused-ring (bicyclic) bond motifs is 1. The van der Waals surface area contributed by atoms with Crippen LogP contribution in [-0.2, 0) is 12.8 Å². The van der Waals surface area contributed by atoms with Crippen LogP contribution in [0.3, 0.4) is 0 Å². The molecule has 0 amide bonds. The van der Waals surface area contributed by atoms with E-state index in [0.717, 1.165) is 30.2 Å². The van der Waals surface area contributed by atoms with Crippen molar-refractivity contribution in [3.8, 4) is 12.3 Å². The zero-order valence-corrected chi connectivity index (χ0v) is 11.6. The molecule has 88 valence electrons. The molecule has 1 heterocycles. The number of hydrogen-bond acceptors (Lipinski definition) is 0. The summed E-state index contributed by atoms with van der Waals surface area (Å²) in [7, 11) is 0. The lowest BCUT2D eigenvalue weighted by atomic mass is 10.1. The number of unbranched alkanes of at least 4 members (excludes halogenated alkanes) is 1. The summed E-state index contributed by atoms with van der Waals surface area (Å²) in [5.41, 5.74) is 4.00. The van der Waals surface area contributed by atoms with Crippen molar-refractivity contribution in [3.05, 3.63) is 33.9 Å². The SMILES string of the molecule is C#CCCCc1[nH]c2ccc(Br)cc2c1CC. The zero-order chi connectivity index (χ0) is 12.3. The summed E-state index contributed by atoms with van der Waals surface area (Å²) in [6.45, 7) is 2.20. The molecule has 2 aromatic rings. The van der Waals surface area contributed by atoms with Gasteiger partial charge in [0, 0.05) is 27.5 Å². The van der Waals surface area contributed by atoms with E-state index >= 15 is 0 Å². The van der Waals surface area contributed by atoms with Crippen molar-refractivity contribution in [2.75, 3.05) is 0 Å². The molecule has 17 heavy (non-hydrogen) atoms. The van der Waals surface area contributed by atoms with Crippen molar-refractivity contribution in [2.45, 2.75) is 32.6 Å². The lowest BCUT2D eigenvalue weighted by molar-refractivity contribution is 0.827. The molecule has 0 radical (unpaired) electrons. The minimum Gasteiger partial charge on any atom is -0.358 e. The van der Waals surface area contributed by atoms with Crippen molar-refractivity contribution in [2.24, 2.45) is 0 Å². The van der Waals surface area contributed by atoms with E-state index in [0.29, 0.717) is 0 Å². The third-order valence-electron chi connectivity index (χ3n) is 3.06. The van der Waals surface area contributed by atoms with Crippen LogP contribution in [-0.4, -0.2) is 4.98 Å². The number of aromatic amines is 1. The molecule has 0 aliphatic rings. The summed E-state index contributed by atoms with van der Waals surface area (Å²) in [5.74, 6) is 2.70. The Morgan fingerprint density at radius 2 is 2.24 bits per heavy atom. The van der Waals surface area contributed by atoms with Crippen LogP contribution in [0.5, 0.6) is 0 Å². The summed E-state index contributed by atoms with van der Waals surface area (Å²) < 4.78 is 1.13. The molecule has 1 N–H and O–H groups in total. The van der Waals surface area contributed by atoms with E-state index in [4.69, 9.17) is 6.42 Å². The summed E-state index contributed by atoms with van der Waals surface area (Å²) in [6.07, 6.45) is 9.29. The quantitative estimate of drug-likeness (QED) is 0.632. The van der Waals surface area contributed by atoms with Crippen LogP contribution >= 0.6 is 15.9 Å². The van der Waals surface area contributed by atoms with Crippen molar-refractivity contribution >= 4 is 26.8 Å². The highest BCUT2D eigenvalue weighted by Crippen LogP contribution is 2.27. The Balaban J connectivity index is 2.39. The minimum absolute atomic E-state index is 0.849. The lowest BCUT2D eigenvalue weighted by Gasteiger charge is -2.00. The van der Waals surface area contributed by atoms with Crippen LogP contribution in [0.2, 0.25) is 0 Å². The third-order valence-corrected chi connectivity index (χ3v) is 3.55. The predicted octanol–water partition coefficient (Wildman–Crippen LogP) is 4.45. The first kappa shape index (κ1) is 12.3. The van der Waals surface area contributed by atoms with Crippen molar-refractivity contribution in [1.29, 1.82) is 0 Å². The van der Waals surface area contributed by atoms with E-state index < -0.39 is 0 Å². The van der Waals surface area contributed by atoms with Crippen LogP contribution in [0, 0.1) is 12.3 Å². The molecule has 2 heteroatoms. The largest absolute Gasteiger partial charge is 0.358 e. The van der Waals surface area contributed by atoms with Crippen molar-refractivity contribution < 1.29 is 0 Å². The molecule has 0 spiro atoms. The van der Waals surface area contributed by atoms with Gasteiger partial charge in [-0.05, 0) is 43.0 Å². The van der Waals surface area contributed by atoms with Gasteiger partial charge in [0.2, 0.25) is 0 Å². The zero-order valence-electron chi connectivity index (χ0n) is 10.0. The maximum Gasteiger partial charge on any atom is 0.0459 e. The van der Waals surface area contributed by atoms with Gasteiger partial charge < -0.3 is 4.98 Å². The fourth-order valence-electron chi connectivity index (χ4n) is 2.26. The van der Waals surface area contributed by atoms with E-state index in [2.05, 4.69) is 52.0 Å². The molecule has 0 saturated heterocycles. The number of hydrogen-bond donors (Lipinski definition) is 1. The molecule has 0 atom stereocenters. The van der Waals surface area contributed by atoms with E-state index in [-0.39, 0.29) is 0 Å². The van der Waals surface area contributed by atoms with Gasteiger partial charge in [0.25, 0.3) is 0 Å². The maximum absolute atomic E-state index is 5.29. The molecular weight excluding hydrogens is 274 g/mol. The molecule has 0 fully saturated rings. The Kier molecular flexibility index (Phi) is 3.91. The first-order valence-electron chi connectivity index (χ1n) is 5.98. The Morgan fingerprint density at radius 1 is 1.41 bits per heavy atom. The monoisotopic (exact) mass is 289 g/mol. The van der Waals surface area contributed by atoms with Crippen LogP contribution in [0.15, 0.2) is 22.7 Å². The van der Waals surface area contributed by atoms with Crippen LogP contribution in [0.4, 0.5) is 0 Å². The predicted molar refractivity (Wildman–Crippen MR) is 77.1 cm³/mol. The lowest BCUT2D eigenvalue weighted by Crippen LogP contribution is -1.90. The number of rotatable bonds is 4. The average Bonchev–Trinajstić information content (AvgIpc) is 2.66. The van der Waals surface area contributed by atoms with Gasteiger partial charge in [-0.3, -0.25) is 0 Å². The smallest absolute Gasteiger partial charge is 0.0459 e. The fraction of sp³-hybridized carbons (Fsp3) is 0.333. The van der Waals surface area contributed by atoms with Gasteiger partial charge in [0.15, 0.2) is 0 Å². The minimum atomic E-state index is 0.849. The van der Waals surface area contributed by atoms with Gasteiger partial charge in [-0.25, -0.2) is 0 Å². The highest BCUT2D eigenvalue weighted by atomic mass is 79.9. The second-order valence-corrected chi connectivity index (χ2v) is 5.10. The molecule has 1 aromatic heterocycles. The average molecular weight is 290 g/mol. The fourth-order valence-corrected chi connectivity index (χ4v) is 2.62. The first-order chi connectivity index (χ1) is 8.26. The molecule has 0 aliphatic heterocycles. The summed E-state index contributed by atoms with van der Waals surface area (Å²) in [5, 5.41) is 1.33. The van der Waals surface area contributed by atoms with Gasteiger partial charge in [-0.15, -0.1) is 12.3 Å². The van der Waals surface area contributed by atoms with Crippen molar-refractivity contribution in [3.63, 3.8) is 0 Å². The number of aryl methyl sites for hydroxylation is 2. The second kappa shape index (κ2) is 5.42. The number of benzene rings is 1. The maximum atomic E-state index is 5.29. The van der Waals surface area contributed by atoms with Gasteiger partial charge in [0.1, 0.15) is 0 Å². The molecule has 0 aliphatic carbocycles. The second-order valence-electron chi connectivity index (χ2n) is 4.18. The number of aromatic nitrogens is 1. The number of halogens is 1. The van der Waals surface area contributed by atoms with Gasteiger partial charge >= 0.3 is 0 Å². The standard InChI is InChI=1S/C15H16BrN/c1-3-5-6-7-14-12(4-2)13-10-11(16)8-9-15(13)17-14/h1,8-10,17H,4-7H2,2H3. The molecule has 0 saturated carbocycles. The van der Waals surface area contributed by atoms with Gasteiger partial charge in [-0.1, -0.05) is 22.9 Å². The van der Waals surface area contributed by atoms with Crippen LogP contribution < -0.4 is 0 Å². The van der Waals surface area contributed by atoms with Crippen LogP contribution in [0.25, 0.3) is 10.9 Å². The number of terminal acetylenes is 1. The molecule has 0 bridgehead atoms. The summed E-state index contributed by atoms with van der Waals surface area (Å²) in [6, 6.07) is 6.39. The Morgan fingerprint density at radius 3 is 2.94 bits per heavy atom. The first-order valence-corrected chi connectivity index (χ1v) is 6.78. The number of H-pyrrole nitrogens is 1. The van der Waals surface area contributed by atoms with E-state index in [1.165, 1.54) is 22.2 Å². The van der Waals surface area contributed by atoms with Gasteiger partial charge in [-0.2, -0.15) is 0 Å². The molecule has 0 unspecified atom stereocenters. The van der Waals surface area contributed by atoms with Crippen molar-refractivity contribution in [1.82, 2.24) is 4.98 Å². The molecular formula is C15H16BrN. The van der Waals surface area contributed by atoms with E-state index in [1.807, 2.05) is 0 Å². The Hall–Kier alpha value is -1.20. The summed E-state index contributed by atoms with van der Waals surface area (Å²) in [4.78, 5) is 3.51. The van der Waals surface area contributed by atoms with E-state index in [1.54, 1.807) is 0 Å². The van der Waals surface area contributed by atoms with E-state index in [9.17, 15) is 0 Å². The molecule has 1 aromatic carbocycles. The Labute approximate surface area is 111 Å². The van der Waals surface area contributed by atoms with Gasteiger partial charge in [0.05, 0.1) is 0 Å². The number of nitrogens with one attached hydrogen (secondary N) is 1. The summed E-state index contributed by atoms with van der Waals surface area (Å²) >= 11 is 3.53. The third kappa shape index (κ3) is 2.56. The van der Waals surface area contributed by atoms with Crippen LogP contribution in [0.1, 0.15) is 31.0 Å². The topological polar surface area (TPSA) is 15.8 Å². The molecule has 2 rings (SSSR count).